The highest BCUT2D eigenvalue weighted by Crippen LogP contribution is 2.28. The molecule has 2 N–H and O–H groups in total. The number of nitrogens with zero attached hydrogens (tertiary/aromatic N) is 5. The van der Waals surface area contributed by atoms with Gasteiger partial charge in [-0.25, -0.2) is 0 Å². The largest absolute Gasteiger partial charge is 0.378 e. The predicted octanol–water partition coefficient (Wildman–Crippen LogP) is 4.09. The summed E-state index contributed by atoms with van der Waals surface area (Å²) in [7, 11) is 0. The normalized spacial score (nSPS) is 16.7. The molecule has 0 unspecified atom stereocenters. The smallest absolute Gasteiger partial charge is 0.276 e. The second-order valence-electron chi connectivity index (χ2n) is 9.69. The first-order valence-corrected chi connectivity index (χ1v) is 13.0. The van der Waals surface area contributed by atoms with Crippen molar-refractivity contribution in [2.45, 2.75) is 25.8 Å². The average Bonchev–Trinajstić information content (AvgIpc) is 3.39. The average molecular weight is 498 g/mol. The molecule has 6 rings (SSSR count). The highest BCUT2D eigenvalue weighted by Gasteiger charge is 2.17. The van der Waals surface area contributed by atoms with Gasteiger partial charge in [-0.05, 0) is 61.8 Å². The second kappa shape index (κ2) is 10.7. The number of rotatable bonds is 6. The van der Waals surface area contributed by atoms with Gasteiger partial charge in [0.25, 0.3) is 5.91 Å². The number of ether oxygens (including phenoxy) is 1. The monoisotopic (exact) mass is 497 g/mol. The van der Waals surface area contributed by atoms with E-state index in [0.717, 1.165) is 79.3 Å². The molecule has 37 heavy (non-hydrogen) atoms. The van der Waals surface area contributed by atoms with Gasteiger partial charge in [-0.3, -0.25) is 24.8 Å². The van der Waals surface area contributed by atoms with Crippen LogP contribution in [0, 0.1) is 0 Å². The number of hydrogen-bond acceptors (Lipinski definition) is 7. The van der Waals surface area contributed by atoms with Gasteiger partial charge in [0.05, 0.1) is 48.2 Å². The second-order valence-corrected chi connectivity index (χ2v) is 9.69. The van der Waals surface area contributed by atoms with Crippen LogP contribution in [0.25, 0.3) is 22.0 Å². The minimum Gasteiger partial charge on any atom is -0.378 e. The van der Waals surface area contributed by atoms with Gasteiger partial charge in [-0.1, -0.05) is 12.5 Å². The van der Waals surface area contributed by atoms with Crippen molar-refractivity contribution in [1.29, 1.82) is 0 Å². The third-order valence-electron chi connectivity index (χ3n) is 7.13. The highest BCUT2D eigenvalue weighted by molar-refractivity contribution is 6.11. The number of aromatic amines is 1. The summed E-state index contributed by atoms with van der Waals surface area (Å²) in [6.45, 7) is 6.25. The van der Waals surface area contributed by atoms with E-state index in [0.29, 0.717) is 11.4 Å². The SMILES string of the molecule is O=C(Nc1ccc(CN2CCCCC2)nc1)c1n[nH]c2ccc(-c3cncc(N4CCOCC4)c3)cc12. The number of likely N-dealkylation sites (tertiary alicyclic amines) is 1. The Morgan fingerprint density at radius 3 is 2.62 bits per heavy atom. The van der Waals surface area contributed by atoms with E-state index in [1.54, 1.807) is 6.20 Å². The Hall–Kier alpha value is -3.82. The lowest BCUT2D eigenvalue weighted by Crippen LogP contribution is -2.36. The number of nitrogens with one attached hydrogen (secondary N) is 2. The van der Waals surface area contributed by atoms with Crippen molar-refractivity contribution in [1.82, 2.24) is 25.1 Å². The molecule has 0 spiro atoms. The van der Waals surface area contributed by atoms with Crippen LogP contribution >= 0.6 is 0 Å². The van der Waals surface area contributed by atoms with Crippen LogP contribution in [0.2, 0.25) is 0 Å². The van der Waals surface area contributed by atoms with E-state index >= 15 is 0 Å². The van der Waals surface area contributed by atoms with E-state index in [4.69, 9.17) is 4.74 Å². The van der Waals surface area contributed by atoms with Crippen LogP contribution in [0.4, 0.5) is 11.4 Å². The number of morpholine rings is 1. The van der Waals surface area contributed by atoms with E-state index < -0.39 is 0 Å². The van der Waals surface area contributed by atoms with Crippen molar-refractivity contribution in [2.75, 3.05) is 49.6 Å². The van der Waals surface area contributed by atoms with Crippen molar-refractivity contribution in [3.63, 3.8) is 0 Å². The molecule has 5 heterocycles. The molecule has 0 atom stereocenters. The molecule has 0 radical (unpaired) electrons. The summed E-state index contributed by atoms with van der Waals surface area (Å²) in [5.74, 6) is -0.269. The van der Waals surface area contributed by atoms with Crippen molar-refractivity contribution < 1.29 is 9.53 Å². The number of pyridine rings is 2. The Bertz CT molecular complexity index is 1370. The van der Waals surface area contributed by atoms with Gasteiger partial charge in [-0.15, -0.1) is 0 Å². The first kappa shape index (κ1) is 23.6. The predicted molar refractivity (Wildman–Crippen MR) is 144 cm³/mol. The van der Waals surface area contributed by atoms with E-state index in [1.165, 1.54) is 19.3 Å². The Morgan fingerprint density at radius 1 is 0.946 bits per heavy atom. The number of piperidine rings is 1. The minimum atomic E-state index is -0.269. The third kappa shape index (κ3) is 5.33. The Kier molecular flexibility index (Phi) is 6.79. The maximum Gasteiger partial charge on any atom is 0.276 e. The van der Waals surface area contributed by atoms with Crippen LogP contribution in [0.5, 0.6) is 0 Å². The fourth-order valence-corrected chi connectivity index (χ4v) is 5.08. The van der Waals surface area contributed by atoms with Crippen LogP contribution in [0.1, 0.15) is 35.4 Å². The molecular formula is C28H31N7O2. The zero-order valence-electron chi connectivity index (χ0n) is 20.8. The van der Waals surface area contributed by atoms with Crippen LogP contribution in [-0.2, 0) is 11.3 Å². The van der Waals surface area contributed by atoms with Crippen molar-refractivity contribution >= 4 is 28.2 Å². The molecule has 3 aromatic heterocycles. The molecule has 0 aliphatic carbocycles. The summed E-state index contributed by atoms with van der Waals surface area (Å²) in [5.41, 5.74) is 5.88. The molecule has 2 aliphatic heterocycles. The third-order valence-corrected chi connectivity index (χ3v) is 7.13. The lowest BCUT2D eigenvalue weighted by Gasteiger charge is -2.28. The number of carbonyl (C=O) groups excluding carboxylic acids is 1. The first-order chi connectivity index (χ1) is 18.2. The fourth-order valence-electron chi connectivity index (χ4n) is 5.08. The highest BCUT2D eigenvalue weighted by atomic mass is 16.5. The number of benzene rings is 1. The molecule has 2 fully saturated rings. The molecule has 9 heteroatoms. The number of aromatic nitrogens is 4. The number of carbonyl (C=O) groups is 1. The zero-order valence-corrected chi connectivity index (χ0v) is 20.8. The van der Waals surface area contributed by atoms with Gasteiger partial charge < -0.3 is 15.0 Å². The number of amides is 1. The molecule has 4 aromatic rings. The summed E-state index contributed by atoms with van der Waals surface area (Å²) in [4.78, 5) is 26.9. The molecule has 0 bridgehead atoms. The van der Waals surface area contributed by atoms with Crippen LogP contribution in [0.3, 0.4) is 0 Å². The maximum absolute atomic E-state index is 13.1. The molecule has 1 aromatic carbocycles. The lowest BCUT2D eigenvalue weighted by molar-refractivity contribution is 0.102. The van der Waals surface area contributed by atoms with Crippen LogP contribution < -0.4 is 10.2 Å². The van der Waals surface area contributed by atoms with Gasteiger partial charge in [0.15, 0.2) is 5.69 Å². The van der Waals surface area contributed by atoms with E-state index in [-0.39, 0.29) is 5.91 Å². The Morgan fingerprint density at radius 2 is 1.81 bits per heavy atom. The number of H-pyrrole nitrogens is 1. The lowest BCUT2D eigenvalue weighted by atomic mass is 10.0. The van der Waals surface area contributed by atoms with Gasteiger partial charge in [-0.2, -0.15) is 5.10 Å². The minimum absolute atomic E-state index is 0.269. The van der Waals surface area contributed by atoms with Gasteiger partial charge in [0.1, 0.15) is 0 Å². The van der Waals surface area contributed by atoms with Crippen molar-refractivity contribution in [3.8, 4) is 11.1 Å². The fraction of sp³-hybridized carbons (Fsp3) is 0.357. The summed E-state index contributed by atoms with van der Waals surface area (Å²) in [6, 6.07) is 12.0. The van der Waals surface area contributed by atoms with E-state index in [2.05, 4.69) is 41.3 Å². The molecule has 0 saturated carbocycles. The maximum atomic E-state index is 13.1. The van der Waals surface area contributed by atoms with E-state index in [1.807, 2.05) is 42.7 Å². The molecular weight excluding hydrogens is 466 g/mol. The Labute approximate surface area is 215 Å². The van der Waals surface area contributed by atoms with E-state index in [9.17, 15) is 4.79 Å². The number of fused-ring (bicyclic) bond motifs is 1. The molecule has 190 valence electrons. The zero-order chi connectivity index (χ0) is 25.0. The van der Waals surface area contributed by atoms with Crippen LogP contribution in [-0.4, -0.2) is 70.4 Å². The molecule has 1 amide bonds. The summed E-state index contributed by atoms with van der Waals surface area (Å²) in [5, 5.41) is 11.0. The van der Waals surface area contributed by atoms with Crippen molar-refractivity contribution in [3.05, 3.63) is 66.4 Å². The molecule has 2 aliphatic rings. The Balaban J connectivity index is 1.18. The quantitative estimate of drug-likeness (QED) is 0.414. The van der Waals surface area contributed by atoms with Gasteiger partial charge >= 0.3 is 0 Å². The van der Waals surface area contributed by atoms with Gasteiger partial charge in [0.2, 0.25) is 0 Å². The summed E-state index contributed by atoms with van der Waals surface area (Å²) < 4.78 is 5.47. The van der Waals surface area contributed by atoms with Crippen LogP contribution in [0.15, 0.2) is 55.0 Å². The standard InChI is InChI=1S/C28H31N7O2/c36-28(31-22-5-6-23(30-17-22)19-34-8-2-1-3-9-34)27-25-15-20(4-7-26(25)32-33-27)21-14-24(18-29-16-21)35-10-12-37-13-11-35/h4-7,14-18H,1-3,8-13,19H2,(H,31,36)(H,32,33). The summed E-state index contributed by atoms with van der Waals surface area (Å²) in [6.07, 6.45) is 9.28. The number of anilines is 2. The summed E-state index contributed by atoms with van der Waals surface area (Å²) >= 11 is 0. The molecule has 2 saturated heterocycles. The number of hydrogen-bond donors (Lipinski definition) is 2. The topological polar surface area (TPSA) is 99.3 Å². The molecule has 9 nitrogen and oxygen atoms in total. The van der Waals surface area contributed by atoms with Crippen molar-refractivity contribution in [2.24, 2.45) is 0 Å². The van der Waals surface area contributed by atoms with Gasteiger partial charge in [0, 0.05) is 36.8 Å². The first-order valence-electron chi connectivity index (χ1n) is 13.0.